The first-order valence-electron chi connectivity index (χ1n) is 11.6. The summed E-state index contributed by atoms with van der Waals surface area (Å²) >= 11 is 6.65. The van der Waals surface area contributed by atoms with Gasteiger partial charge in [0.1, 0.15) is 18.7 Å². The van der Waals surface area contributed by atoms with Crippen LogP contribution in [0.1, 0.15) is 13.3 Å². The molecule has 1 aliphatic rings. The number of nitriles is 1. The zero-order valence-electron chi connectivity index (χ0n) is 20.5. The van der Waals surface area contributed by atoms with Crippen molar-refractivity contribution in [2.24, 2.45) is 0 Å². The van der Waals surface area contributed by atoms with Crippen molar-refractivity contribution < 1.29 is 13.2 Å². The Kier molecular flexibility index (Phi) is 7.14. The highest BCUT2D eigenvalue weighted by molar-refractivity contribution is 7.89. The summed E-state index contributed by atoms with van der Waals surface area (Å²) in [5.41, 5.74) is 1.50. The Labute approximate surface area is 212 Å². The quantitative estimate of drug-likeness (QED) is 0.286. The Hall–Kier alpha value is -2.23. The first-order valence-corrected chi connectivity index (χ1v) is 17.3. The summed E-state index contributed by atoms with van der Waals surface area (Å²) in [5.74, 6) is 0.0328. The van der Waals surface area contributed by atoms with E-state index in [1.54, 1.807) is 13.1 Å². The number of halogens is 1. The van der Waals surface area contributed by atoms with Crippen molar-refractivity contribution in [3.8, 4) is 17.3 Å². The number of nitrogens with zero attached hydrogens (tertiary/aromatic N) is 6. The molecule has 0 amide bonds. The molecular formula is C23H31ClN6O3SSi. The average molecular weight is 535 g/mol. The van der Waals surface area contributed by atoms with E-state index in [0.29, 0.717) is 29.6 Å². The summed E-state index contributed by atoms with van der Waals surface area (Å²) in [7, 11) is -4.47. The van der Waals surface area contributed by atoms with Crippen LogP contribution in [-0.2, 0) is 27.0 Å². The molecule has 0 radical (unpaired) electrons. The van der Waals surface area contributed by atoms with E-state index in [2.05, 4.69) is 35.7 Å². The Bertz CT molecular complexity index is 1370. The van der Waals surface area contributed by atoms with Gasteiger partial charge in [-0.15, -0.1) is 0 Å². The van der Waals surface area contributed by atoms with Crippen molar-refractivity contribution in [2.75, 3.05) is 25.4 Å². The molecule has 4 heterocycles. The summed E-state index contributed by atoms with van der Waals surface area (Å²) in [5, 5.41) is 10.8. The molecule has 0 saturated carbocycles. The van der Waals surface area contributed by atoms with E-state index in [1.807, 2.05) is 27.6 Å². The fourth-order valence-electron chi connectivity index (χ4n) is 4.24. The lowest BCUT2D eigenvalue weighted by Crippen LogP contribution is -2.63. The molecule has 4 rings (SSSR count). The van der Waals surface area contributed by atoms with Crippen LogP contribution in [0.4, 0.5) is 0 Å². The molecule has 0 aliphatic carbocycles. The van der Waals surface area contributed by atoms with Crippen LogP contribution in [0, 0.1) is 11.3 Å². The number of hydrogen-bond donors (Lipinski definition) is 0. The maximum atomic E-state index is 12.3. The second-order valence-electron chi connectivity index (χ2n) is 10.2. The van der Waals surface area contributed by atoms with Gasteiger partial charge in [0.2, 0.25) is 10.0 Å². The molecule has 0 atom stereocenters. The number of ether oxygens (including phenoxy) is 1. The van der Waals surface area contributed by atoms with Gasteiger partial charge in [-0.05, 0) is 19.0 Å². The first kappa shape index (κ1) is 25.8. The van der Waals surface area contributed by atoms with Crippen LogP contribution in [0.2, 0.25) is 30.7 Å². The van der Waals surface area contributed by atoms with Gasteiger partial charge in [0.15, 0.2) is 0 Å². The highest BCUT2D eigenvalue weighted by Crippen LogP contribution is 2.40. The zero-order chi connectivity index (χ0) is 25.4. The molecule has 0 spiro atoms. The molecule has 188 valence electrons. The topological polar surface area (TPSA) is 106 Å². The molecule has 1 saturated heterocycles. The highest BCUT2D eigenvalue weighted by Gasteiger charge is 2.49. The summed E-state index contributed by atoms with van der Waals surface area (Å²) in [6.07, 6.45) is 7.23. The van der Waals surface area contributed by atoms with Gasteiger partial charge in [0.25, 0.3) is 0 Å². The smallest absolute Gasteiger partial charge is 0.213 e. The number of hydrogen-bond acceptors (Lipinski definition) is 6. The first-order chi connectivity index (χ1) is 16.5. The third kappa shape index (κ3) is 5.17. The number of sulfonamides is 1. The van der Waals surface area contributed by atoms with Gasteiger partial charge < -0.3 is 13.9 Å². The summed E-state index contributed by atoms with van der Waals surface area (Å²) in [4.78, 5) is 8.96. The van der Waals surface area contributed by atoms with E-state index in [9.17, 15) is 13.7 Å². The van der Waals surface area contributed by atoms with Crippen molar-refractivity contribution in [1.29, 1.82) is 5.26 Å². The van der Waals surface area contributed by atoms with E-state index in [4.69, 9.17) is 16.3 Å². The monoisotopic (exact) mass is 534 g/mol. The summed E-state index contributed by atoms with van der Waals surface area (Å²) in [6.45, 7) is 10.2. The van der Waals surface area contributed by atoms with Crippen molar-refractivity contribution in [3.63, 3.8) is 0 Å². The zero-order valence-corrected chi connectivity index (χ0v) is 23.1. The second kappa shape index (κ2) is 9.67. The molecule has 0 N–H and O–H groups in total. The molecule has 0 bridgehead atoms. The lowest BCUT2D eigenvalue weighted by Gasteiger charge is -2.48. The molecular weight excluding hydrogens is 504 g/mol. The van der Waals surface area contributed by atoms with Crippen LogP contribution in [0.25, 0.3) is 22.3 Å². The number of aromatic nitrogens is 4. The fourth-order valence-corrected chi connectivity index (χ4v) is 6.48. The third-order valence-electron chi connectivity index (χ3n) is 6.47. The Morgan fingerprint density at radius 3 is 2.66 bits per heavy atom. The predicted octanol–water partition coefficient (Wildman–Crippen LogP) is 4.14. The van der Waals surface area contributed by atoms with Crippen molar-refractivity contribution in [3.05, 3.63) is 36.0 Å². The molecule has 12 heteroatoms. The molecule has 3 aromatic rings. The SMILES string of the molecule is CCS(=O)(=O)N1CC(CC#N)(n2cc(Cl)c(-c3ncnc4c3ccn4COCC[Si](C)(C)C)c2)C1. The molecule has 35 heavy (non-hydrogen) atoms. The molecule has 1 aliphatic heterocycles. The molecule has 3 aromatic heterocycles. The lowest BCUT2D eigenvalue weighted by molar-refractivity contribution is 0.0851. The number of fused-ring (bicyclic) bond motifs is 1. The lowest BCUT2D eigenvalue weighted by atomic mass is 9.89. The Morgan fingerprint density at radius 2 is 2.00 bits per heavy atom. The standard InChI is InChI=1S/C23H31ClN6O3SSi/c1-5-34(31,32)30-14-23(15-30,7-8-25)29-12-19(20(24)13-29)21-18-6-9-28(22(18)27-16-26-21)17-33-10-11-35(2,3)4/h6,9,12-13,16H,5,7,10-11,14-15,17H2,1-4H3. The summed E-state index contributed by atoms with van der Waals surface area (Å²) in [6, 6.07) is 5.25. The van der Waals surface area contributed by atoms with Crippen LogP contribution in [0.5, 0.6) is 0 Å². The number of rotatable bonds is 10. The van der Waals surface area contributed by atoms with Crippen LogP contribution in [0.3, 0.4) is 0 Å². The average Bonchev–Trinajstić information content (AvgIpc) is 3.36. The minimum absolute atomic E-state index is 0.0328. The molecule has 9 nitrogen and oxygen atoms in total. The molecule has 0 aromatic carbocycles. The maximum Gasteiger partial charge on any atom is 0.213 e. The van der Waals surface area contributed by atoms with Gasteiger partial charge in [-0.2, -0.15) is 9.57 Å². The molecule has 1 fully saturated rings. The van der Waals surface area contributed by atoms with E-state index in [1.165, 1.54) is 10.6 Å². The van der Waals surface area contributed by atoms with Gasteiger partial charge in [-0.1, -0.05) is 31.2 Å². The van der Waals surface area contributed by atoms with Gasteiger partial charge in [0.05, 0.1) is 34.5 Å². The minimum atomic E-state index is -3.31. The van der Waals surface area contributed by atoms with Gasteiger partial charge in [0, 0.05) is 57.3 Å². The minimum Gasteiger partial charge on any atom is -0.361 e. The van der Waals surface area contributed by atoms with Crippen LogP contribution in [-0.4, -0.2) is 65.3 Å². The van der Waals surface area contributed by atoms with Crippen molar-refractivity contribution in [1.82, 2.24) is 23.4 Å². The molecule has 0 unspecified atom stereocenters. The van der Waals surface area contributed by atoms with Gasteiger partial charge >= 0.3 is 0 Å². The van der Waals surface area contributed by atoms with Crippen LogP contribution >= 0.6 is 11.6 Å². The Balaban J connectivity index is 1.60. The van der Waals surface area contributed by atoms with E-state index in [-0.39, 0.29) is 25.3 Å². The summed E-state index contributed by atoms with van der Waals surface area (Å²) < 4.78 is 35.7. The third-order valence-corrected chi connectivity index (χ3v) is 10.3. The predicted molar refractivity (Wildman–Crippen MR) is 139 cm³/mol. The Morgan fingerprint density at radius 1 is 1.26 bits per heavy atom. The largest absolute Gasteiger partial charge is 0.361 e. The fraction of sp³-hybridized carbons (Fsp3) is 0.522. The maximum absolute atomic E-state index is 12.3. The van der Waals surface area contributed by atoms with Crippen molar-refractivity contribution in [2.45, 2.75) is 51.3 Å². The van der Waals surface area contributed by atoms with Crippen LogP contribution < -0.4 is 0 Å². The van der Waals surface area contributed by atoms with Crippen molar-refractivity contribution >= 4 is 40.7 Å². The van der Waals surface area contributed by atoms with E-state index < -0.39 is 23.6 Å². The van der Waals surface area contributed by atoms with Crippen LogP contribution in [0.15, 0.2) is 31.0 Å². The second-order valence-corrected chi connectivity index (χ2v) is 18.5. The normalized spacial score (nSPS) is 16.3. The van der Waals surface area contributed by atoms with E-state index in [0.717, 1.165) is 17.1 Å². The van der Waals surface area contributed by atoms with Gasteiger partial charge in [-0.3, -0.25) is 0 Å². The highest BCUT2D eigenvalue weighted by atomic mass is 35.5. The van der Waals surface area contributed by atoms with E-state index >= 15 is 0 Å². The van der Waals surface area contributed by atoms with Gasteiger partial charge in [-0.25, -0.2) is 18.4 Å².